The molecule has 1 saturated heterocycles. The molecule has 7 heteroatoms. The number of rotatable bonds is 2. The minimum atomic E-state index is -3.60. The van der Waals surface area contributed by atoms with Gasteiger partial charge in [0.2, 0.25) is 10.0 Å². The van der Waals surface area contributed by atoms with Crippen molar-refractivity contribution < 1.29 is 13.2 Å². The van der Waals surface area contributed by atoms with E-state index in [4.69, 9.17) is 21.6 Å². The van der Waals surface area contributed by atoms with Crippen molar-refractivity contribution in [2.45, 2.75) is 17.9 Å². The number of hydrogen-bond donors (Lipinski definition) is 0. The van der Waals surface area contributed by atoms with E-state index in [0.29, 0.717) is 19.8 Å². The summed E-state index contributed by atoms with van der Waals surface area (Å²) in [5, 5.41) is 8.94. The van der Waals surface area contributed by atoms with E-state index in [1.807, 2.05) is 6.07 Å². The minimum absolute atomic E-state index is 0.102. The monoisotopic (exact) mass is 300 g/mol. The second-order valence-electron chi connectivity index (χ2n) is 4.29. The number of nitriles is 1. The first kappa shape index (κ1) is 14.3. The Bertz CT molecular complexity index is 624. The number of halogens is 1. The number of hydrogen-bond acceptors (Lipinski definition) is 4. The number of nitrogens with zero attached hydrogens (tertiary/aromatic N) is 2. The van der Waals surface area contributed by atoms with Crippen LogP contribution in [0.3, 0.4) is 0 Å². The van der Waals surface area contributed by atoms with Gasteiger partial charge < -0.3 is 4.74 Å². The van der Waals surface area contributed by atoms with Crippen LogP contribution in [0.25, 0.3) is 0 Å². The molecule has 0 spiro atoms. The Morgan fingerprint density at radius 2 is 2.26 bits per heavy atom. The topological polar surface area (TPSA) is 70.4 Å². The Morgan fingerprint density at radius 3 is 2.84 bits per heavy atom. The summed E-state index contributed by atoms with van der Waals surface area (Å²) < 4.78 is 31.6. The smallest absolute Gasteiger partial charge is 0.243 e. The molecular weight excluding hydrogens is 288 g/mol. The highest BCUT2D eigenvalue weighted by Gasteiger charge is 2.31. The molecule has 19 heavy (non-hydrogen) atoms. The van der Waals surface area contributed by atoms with Crippen LogP contribution in [0.4, 0.5) is 0 Å². The van der Waals surface area contributed by atoms with Crippen molar-refractivity contribution in [2.75, 3.05) is 19.8 Å². The second-order valence-corrected chi connectivity index (χ2v) is 6.59. The molecule has 0 bridgehead atoms. The van der Waals surface area contributed by atoms with Crippen molar-refractivity contribution in [1.29, 1.82) is 5.26 Å². The minimum Gasteiger partial charge on any atom is -0.378 e. The van der Waals surface area contributed by atoms with Gasteiger partial charge in [-0.15, -0.1) is 0 Å². The van der Waals surface area contributed by atoms with Gasteiger partial charge >= 0.3 is 0 Å². The zero-order valence-electron chi connectivity index (χ0n) is 10.3. The molecule has 0 radical (unpaired) electrons. The molecule has 0 aliphatic carbocycles. The quantitative estimate of drug-likeness (QED) is 0.832. The molecule has 0 N–H and O–H groups in total. The molecule has 0 amide bonds. The van der Waals surface area contributed by atoms with E-state index >= 15 is 0 Å². The summed E-state index contributed by atoms with van der Waals surface area (Å²) in [6, 6.07) is 5.83. The van der Waals surface area contributed by atoms with Crippen LogP contribution >= 0.6 is 11.6 Å². The molecule has 0 aromatic heterocycles. The first-order chi connectivity index (χ1) is 8.96. The van der Waals surface area contributed by atoms with E-state index in [0.717, 1.165) is 0 Å². The van der Waals surface area contributed by atoms with E-state index in [9.17, 15) is 8.42 Å². The Hall–Kier alpha value is -1.13. The molecule has 1 aliphatic heterocycles. The van der Waals surface area contributed by atoms with Crippen LogP contribution in [0.2, 0.25) is 5.02 Å². The van der Waals surface area contributed by atoms with Crippen LogP contribution in [0.15, 0.2) is 23.1 Å². The Labute approximate surface area is 117 Å². The number of benzene rings is 1. The standard InChI is InChI=1S/C12H13ClN2O3S/c1-9-8-18-5-4-15(9)19(16,17)11-3-2-10(7-14)12(13)6-11/h2-3,6,9H,4-5,8H2,1H3/t9-/m0/s1. The lowest BCUT2D eigenvalue weighted by molar-refractivity contribution is 0.0393. The number of sulfonamides is 1. The van der Waals surface area contributed by atoms with Gasteiger partial charge in [-0.1, -0.05) is 11.6 Å². The van der Waals surface area contributed by atoms with Crippen LogP contribution in [-0.2, 0) is 14.8 Å². The first-order valence-corrected chi connectivity index (χ1v) is 7.58. The van der Waals surface area contributed by atoms with E-state index in [-0.39, 0.29) is 21.5 Å². The third kappa shape index (κ3) is 2.74. The van der Waals surface area contributed by atoms with Gasteiger partial charge in [0, 0.05) is 12.6 Å². The predicted octanol–water partition coefficient (Wildman–Crippen LogP) is 1.62. The van der Waals surface area contributed by atoms with Crippen molar-refractivity contribution in [3.63, 3.8) is 0 Å². The largest absolute Gasteiger partial charge is 0.378 e. The lowest BCUT2D eigenvalue weighted by Gasteiger charge is -2.32. The molecule has 1 atom stereocenters. The molecule has 0 saturated carbocycles. The van der Waals surface area contributed by atoms with Gasteiger partial charge in [0.05, 0.1) is 28.7 Å². The summed E-state index contributed by atoms with van der Waals surface area (Å²) in [4.78, 5) is 0.102. The number of ether oxygens (including phenoxy) is 1. The molecule has 1 fully saturated rings. The summed E-state index contributed by atoms with van der Waals surface area (Å²) in [5.41, 5.74) is 0.260. The van der Waals surface area contributed by atoms with Crippen molar-refractivity contribution in [3.8, 4) is 6.07 Å². The zero-order chi connectivity index (χ0) is 14.0. The maximum Gasteiger partial charge on any atom is 0.243 e. The van der Waals surface area contributed by atoms with E-state index in [1.54, 1.807) is 6.92 Å². The lowest BCUT2D eigenvalue weighted by Crippen LogP contribution is -2.46. The fourth-order valence-corrected chi connectivity index (χ4v) is 3.87. The molecule has 1 aliphatic rings. The molecule has 1 aromatic carbocycles. The summed E-state index contributed by atoms with van der Waals surface area (Å²) in [5.74, 6) is 0. The van der Waals surface area contributed by atoms with E-state index in [1.165, 1.54) is 22.5 Å². The maximum absolute atomic E-state index is 12.5. The third-order valence-corrected chi connectivity index (χ3v) is 5.30. The molecule has 102 valence electrons. The van der Waals surface area contributed by atoms with Gasteiger partial charge in [-0.05, 0) is 25.1 Å². The maximum atomic E-state index is 12.5. The van der Waals surface area contributed by atoms with Crippen molar-refractivity contribution >= 4 is 21.6 Å². The van der Waals surface area contributed by atoms with Crippen molar-refractivity contribution in [2.24, 2.45) is 0 Å². The van der Waals surface area contributed by atoms with E-state index < -0.39 is 10.0 Å². The zero-order valence-corrected chi connectivity index (χ0v) is 11.9. The first-order valence-electron chi connectivity index (χ1n) is 5.76. The SMILES string of the molecule is C[C@H]1COCCN1S(=O)(=O)c1ccc(C#N)c(Cl)c1. The average molecular weight is 301 g/mol. The highest BCUT2D eigenvalue weighted by atomic mass is 35.5. The molecule has 0 unspecified atom stereocenters. The summed E-state index contributed by atoms with van der Waals surface area (Å²) in [6.07, 6.45) is 0. The normalized spacial score (nSPS) is 21.0. The van der Waals surface area contributed by atoms with Gasteiger partial charge in [-0.3, -0.25) is 0 Å². The summed E-state index contributed by atoms with van der Waals surface area (Å²) in [7, 11) is -3.60. The van der Waals surface area contributed by atoms with Crippen LogP contribution in [0, 0.1) is 11.3 Å². The van der Waals surface area contributed by atoms with Gasteiger partial charge in [0.1, 0.15) is 6.07 Å². The van der Waals surface area contributed by atoms with Crippen LogP contribution in [-0.4, -0.2) is 38.5 Å². The Morgan fingerprint density at radius 1 is 1.53 bits per heavy atom. The second kappa shape index (κ2) is 5.47. The molecule has 2 rings (SSSR count). The highest BCUT2D eigenvalue weighted by molar-refractivity contribution is 7.89. The van der Waals surface area contributed by atoms with Gasteiger partial charge in [-0.2, -0.15) is 9.57 Å². The van der Waals surface area contributed by atoms with Crippen molar-refractivity contribution in [1.82, 2.24) is 4.31 Å². The van der Waals surface area contributed by atoms with Crippen LogP contribution in [0.1, 0.15) is 12.5 Å². The molecule has 1 heterocycles. The van der Waals surface area contributed by atoms with Crippen LogP contribution in [0.5, 0.6) is 0 Å². The Kier molecular flexibility index (Phi) is 4.11. The van der Waals surface area contributed by atoms with Gasteiger partial charge in [0.15, 0.2) is 0 Å². The predicted molar refractivity (Wildman–Crippen MR) is 70.3 cm³/mol. The Balaban J connectivity index is 2.39. The summed E-state index contributed by atoms with van der Waals surface area (Å²) >= 11 is 5.88. The average Bonchev–Trinajstić information content (AvgIpc) is 2.39. The summed E-state index contributed by atoms with van der Waals surface area (Å²) in [6.45, 7) is 2.87. The molecule has 5 nitrogen and oxygen atoms in total. The van der Waals surface area contributed by atoms with Crippen molar-refractivity contribution in [3.05, 3.63) is 28.8 Å². The fourth-order valence-electron chi connectivity index (χ4n) is 1.95. The van der Waals surface area contributed by atoms with Gasteiger partial charge in [-0.25, -0.2) is 8.42 Å². The third-order valence-electron chi connectivity index (χ3n) is 2.97. The number of morpholine rings is 1. The lowest BCUT2D eigenvalue weighted by atomic mass is 10.2. The fraction of sp³-hybridized carbons (Fsp3) is 0.417. The molecular formula is C12H13ClN2O3S. The highest BCUT2D eigenvalue weighted by Crippen LogP contribution is 2.25. The van der Waals surface area contributed by atoms with Crippen LogP contribution < -0.4 is 0 Å². The van der Waals surface area contributed by atoms with E-state index in [2.05, 4.69) is 0 Å². The molecule has 1 aromatic rings. The van der Waals surface area contributed by atoms with Gasteiger partial charge in [0.25, 0.3) is 0 Å².